The van der Waals surface area contributed by atoms with Crippen LogP contribution in [0.5, 0.6) is 0 Å². The smallest absolute Gasteiger partial charge is 0.170 e. The van der Waals surface area contributed by atoms with Gasteiger partial charge in [-0.3, -0.25) is 4.90 Å². The van der Waals surface area contributed by atoms with Crippen molar-refractivity contribution in [1.82, 2.24) is 4.90 Å². The van der Waals surface area contributed by atoms with E-state index >= 15 is 0 Å². The molecule has 3 nitrogen and oxygen atoms in total. The number of hydrogen-bond acceptors (Lipinski definition) is 3. The van der Waals surface area contributed by atoms with E-state index in [1.54, 1.807) is 0 Å². The van der Waals surface area contributed by atoms with E-state index in [0.29, 0.717) is 0 Å². The fraction of sp³-hybridized carbons (Fsp3) is 1.00. The predicted molar refractivity (Wildman–Crippen MR) is 48.1 cm³/mol. The van der Waals surface area contributed by atoms with Crippen LogP contribution >= 0.6 is 0 Å². The Morgan fingerprint density at radius 1 is 1.25 bits per heavy atom. The molecular formula is C9H19NO2. The lowest BCUT2D eigenvalue weighted by molar-refractivity contribution is -0.0701. The van der Waals surface area contributed by atoms with Crippen molar-refractivity contribution in [3.63, 3.8) is 0 Å². The van der Waals surface area contributed by atoms with Gasteiger partial charge in [-0.1, -0.05) is 0 Å². The second-order valence-electron chi connectivity index (χ2n) is 4.22. The topological polar surface area (TPSA) is 21.7 Å². The van der Waals surface area contributed by atoms with E-state index in [1.807, 2.05) is 0 Å². The molecule has 12 heavy (non-hydrogen) atoms. The van der Waals surface area contributed by atoms with Gasteiger partial charge in [0.15, 0.2) is 6.29 Å². The van der Waals surface area contributed by atoms with Crippen molar-refractivity contribution in [2.75, 3.05) is 26.8 Å². The SMILES string of the molecule is CN(CC1OCCO1)C(C)(C)C. The third-order valence-corrected chi connectivity index (χ3v) is 2.26. The summed E-state index contributed by atoms with van der Waals surface area (Å²) < 4.78 is 10.7. The molecule has 0 spiro atoms. The molecule has 0 bridgehead atoms. The van der Waals surface area contributed by atoms with E-state index in [4.69, 9.17) is 9.47 Å². The summed E-state index contributed by atoms with van der Waals surface area (Å²) in [6.45, 7) is 8.88. The van der Waals surface area contributed by atoms with Gasteiger partial charge in [0.05, 0.1) is 13.2 Å². The quantitative estimate of drug-likeness (QED) is 0.624. The summed E-state index contributed by atoms with van der Waals surface area (Å²) in [6, 6.07) is 0. The van der Waals surface area contributed by atoms with Crippen LogP contribution in [-0.2, 0) is 9.47 Å². The van der Waals surface area contributed by atoms with Crippen molar-refractivity contribution in [3.8, 4) is 0 Å². The Bertz CT molecular complexity index is 136. The molecule has 1 rings (SSSR count). The first-order chi connectivity index (χ1) is 5.50. The Morgan fingerprint density at radius 2 is 1.75 bits per heavy atom. The van der Waals surface area contributed by atoms with Gasteiger partial charge >= 0.3 is 0 Å². The summed E-state index contributed by atoms with van der Waals surface area (Å²) in [5, 5.41) is 0. The Morgan fingerprint density at radius 3 is 2.17 bits per heavy atom. The summed E-state index contributed by atoms with van der Waals surface area (Å²) in [4.78, 5) is 2.24. The van der Waals surface area contributed by atoms with Crippen molar-refractivity contribution >= 4 is 0 Å². The molecule has 3 heteroatoms. The minimum atomic E-state index is -0.0192. The second-order valence-corrected chi connectivity index (χ2v) is 4.22. The van der Waals surface area contributed by atoms with Crippen LogP contribution in [-0.4, -0.2) is 43.5 Å². The molecular weight excluding hydrogens is 154 g/mol. The van der Waals surface area contributed by atoms with E-state index in [1.165, 1.54) is 0 Å². The molecule has 1 aliphatic heterocycles. The molecule has 0 aliphatic carbocycles. The van der Waals surface area contributed by atoms with E-state index in [-0.39, 0.29) is 11.8 Å². The number of rotatable bonds is 2. The minimum absolute atomic E-state index is 0.0192. The van der Waals surface area contributed by atoms with Gasteiger partial charge in [0, 0.05) is 12.1 Å². The fourth-order valence-electron chi connectivity index (χ4n) is 1.01. The summed E-state index contributed by atoms with van der Waals surface area (Å²) in [6.07, 6.45) is -0.0192. The third kappa shape index (κ3) is 2.73. The minimum Gasteiger partial charge on any atom is -0.349 e. The van der Waals surface area contributed by atoms with E-state index in [9.17, 15) is 0 Å². The van der Waals surface area contributed by atoms with Crippen LogP contribution in [0.1, 0.15) is 20.8 Å². The van der Waals surface area contributed by atoms with Crippen LogP contribution in [0.4, 0.5) is 0 Å². The zero-order valence-electron chi connectivity index (χ0n) is 8.46. The monoisotopic (exact) mass is 173 g/mol. The zero-order valence-corrected chi connectivity index (χ0v) is 8.46. The van der Waals surface area contributed by atoms with Crippen molar-refractivity contribution in [2.24, 2.45) is 0 Å². The van der Waals surface area contributed by atoms with Crippen molar-refractivity contribution in [2.45, 2.75) is 32.6 Å². The van der Waals surface area contributed by atoms with Gasteiger partial charge in [-0.25, -0.2) is 0 Å². The summed E-state index contributed by atoms with van der Waals surface area (Å²) in [7, 11) is 2.09. The van der Waals surface area contributed by atoms with Crippen LogP contribution < -0.4 is 0 Å². The standard InChI is InChI=1S/C9H19NO2/c1-9(2,3)10(4)7-8-11-5-6-12-8/h8H,5-7H2,1-4H3. The first-order valence-corrected chi connectivity index (χ1v) is 4.44. The van der Waals surface area contributed by atoms with Crippen molar-refractivity contribution < 1.29 is 9.47 Å². The normalized spacial score (nSPS) is 20.8. The van der Waals surface area contributed by atoms with Crippen molar-refractivity contribution in [1.29, 1.82) is 0 Å². The number of ether oxygens (including phenoxy) is 2. The molecule has 0 saturated carbocycles. The van der Waals surface area contributed by atoms with Crippen LogP contribution in [0.3, 0.4) is 0 Å². The maximum Gasteiger partial charge on any atom is 0.170 e. The summed E-state index contributed by atoms with van der Waals surface area (Å²) in [5.74, 6) is 0. The predicted octanol–water partition coefficient (Wildman–Crippen LogP) is 1.09. The molecule has 0 aromatic carbocycles. The van der Waals surface area contributed by atoms with Crippen LogP contribution in [0.25, 0.3) is 0 Å². The van der Waals surface area contributed by atoms with E-state index in [2.05, 4.69) is 32.7 Å². The Kier molecular flexibility index (Phi) is 3.09. The molecule has 72 valence electrons. The van der Waals surface area contributed by atoms with Crippen molar-refractivity contribution in [3.05, 3.63) is 0 Å². The van der Waals surface area contributed by atoms with Crippen LogP contribution in [0.15, 0.2) is 0 Å². The molecule has 0 radical (unpaired) electrons. The molecule has 0 unspecified atom stereocenters. The molecule has 1 saturated heterocycles. The van der Waals surface area contributed by atoms with Gasteiger partial charge in [-0.2, -0.15) is 0 Å². The average molecular weight is 173 g/mol. The zero-order chi connectivity index (χ0) is 9.19. The highest BCUT2D eigenvalue weighted by Gasteiger charge is 2.23. The summed E-state index contributed by atoms with van der Waals surface area (Å²) >= 11 is 0. The Labute approximate surface area is 74.6 Å². The Balaban J connectivity index is 2.30. The molecule has 1 fully saturated rings. The molecule has 0 aromatic heterocycles. The van der Waals surface area contributed by atoms with Gasteiger partial charge in [0.2, 0.25) is 0 Å². The van der Waals surface area contributed by atoms with E-state index in [0.717, 1.165) is 19.8 Å². The largest absolute Gasteiger partial charge is 0.349 e. The van der Waals surface area contributed by atoms with Gasteiger partial charge in [0.25, 0.3) is 0 Å². The lowest BCUT2D eigenvalue weighted by Crippen LogP contribution is -2.42. The van der Waals surface area contributed by atoms with E-state index < -0.39 is 0 Å². The number of hydrogen-bond donors (Lipinski definition) is 0. The highest BCUT2D eigenvalue weighted by Crippen LogP contribution is 2.13. The highest BCUT2D eigenvalue weighted by atomic mass is 16.7. The highest BCUT2D eigenvalue weighted by molar-refractivity contribution is 4.74. The molecule has 1 aliphatic rings. The second kappa shape index (κ2) is 3.73. The maximum absolute atomic E-state index is 5.35. The van der Waals surface area contributed by atoms with Crippen LogP contribution in [0.2, 0.25) is 0 Å². The number of likely N-dealkylation sites (N-methyl/N-ethyl adjacent to an activating group) is 1. The fourth-order valence-corrected chi connectivity index (χ4v) is 1.01. The third-order valence-electron chi connectivity index (χ3n) is 2.26. The summed E-state index contributed by atoms with van der Waals surface area (Å²) in [5.41, 5.74) is 0.190. The Hall–Kier alpha value is -0.120. The van der Waals surface area contributed by atoms with Gasteiger partial charge < -0.3 is 9.47 Å². The molecule has 0 aromatic rings. The molecule has 1 heterocycles. The molecule has 0 amide bonds. The molecule has 0 N–H and O–H groups in total. The van der Waals surface area contributed by atoms with Gasteiger partial charge in [-0.05, 0) is 27.8 Å². The lowest BCUT2D eigenvalue weighted by Gasteiger charge is -2.33. The average Bonchev–Trinajstić information content (AvgIpc) is 2.37. The number of nitrogens with zero attached hydrogens (tertiary/aromatic N) is 1. The lowest BCUT2D eigenvalue weighted by atomic mass is 10.1. The first kappa shape index (κ1) is 9.96. The van der Waals surface area contributed by atoms with Gasteiger partial charge in [-0.15, -0.1) is 0 Å². The van der Waals surface area contributed by atoms with Gasteiger partial charge in [0.1, 0.15) is 0 Å². The maximum atomic E-state index is 5.35. The van der Waals surface area contributed by atoms with Crippen LogP contribution in [0, 0.1) is 0 Å². The molecule has 0 atom stereocenters. The first-order valence-electron chi connectivity index (χ1n) is 4.44.